The van der Waals surface area contributed by atoms with E-state index in [1.54, 1.807) is 0 Å². The summed E-state index contributed by atoms with van der Waals surface area (Å²) in [6.07, 6.45) is -4.63. The van der Waals surface area contributed by atoms with Crippen LogP contribution in [0.15, 0.2) is 23.1 Å². The lowest BCUT2D eigenvalue weighted by molar-refractivity contribution is -0.138. The highest BCUT2D eigenvalue weighted by molar-refractivity contribution is 7.85. The van der Waals surface area contributed by atoms with Gasteiger partial charge >= 0.3 is 6.18 Å². The van der Waals surface area contributed by atoms with Crippen LogP contribution in [0.25, 0.3) is 0 Å². The number of alkyl halides is 3. The lowest BCUT2D eigenvalue weighted by Gasteiger charge is -2.11. The van der Waals surface area contributed by atoms with Gasteiger partial charge in [0.2, 0.25) is 0 Å². The van der Waals surface area contributed by atoms with E-state index in [1.165, 1.54) is 0 Å². The fraction of sp³-hybridized carbons (Fsp3) is 0.250. The van der Waals surface area contributed by atoms with Gasteiger partial charge in [-0.3, -0.25) is 4.55 Å². The largest absolute Gasteiger partial charge is 0.416 e. The van der Waals surface area contributed by atoms with E-state index in [1.807, 2.05) is 0 Å². The van der Waals surface area contributed by atoms with Crippen molar-refractivity contribution in [3.8, 4) is 0 Å². The molecule has 0 spiro atoms. The van der Waals surface area contributed by atoms with Gasteiger partial charge in [-0.15, -0.1) is 0 Å². The molecule has 1 rings (SSSR count). The monoisotopic (exact) mass is 240 g/mol. The zero-order valence-corrected chi connectivity index (χ0v) is 8.35. The summed E-state index contributed by atoms with van der Waals surface area (Å²) < 4.78 is 67.1. The van der Waals surface area contributed by atoms with Gasteiger partial charge in [0.15, 0.2) is 0 Å². The Balaban J connectivity index is 3.51. The number of hydrogen-bond donors (Lipinski definition) is 1. The summed E-state index contributed by atoms with van der Waals surface area (Å²) in [7, 11) is -4.62. The van der Waals surface area contributed by atoms with Crippen molar-refractivity contribution in [2.24, 2.45) is 0 Å². The molecular formula is C8H7F3O3S. The van der Waals surface area contributed by atoms with Crippen LogP contribution in [0.1, 0.15) is 11.1 Å². The molecule has 0 fully saturated rings. The van der Waals surface area contributed by atoms with E-state index in [0.717, 1.165) is 25.1 Å². The minimum absolute atomic E-state index is 0.507. The van der Waals surface area contributed by atoms with Crippen LogP contribution in [0.4, 0.5) is 13.2 Å². The molecule has 0 bridgehead atoms. The Bertz CT molecular complexity index is 476. The Kier molecular flexibility index (Phi) is 2.79. The SMILES string of the molecule is Cc1c(C(F)(F)F)cccc1S(=O)(=O)O. The first-order valence-electron chi connectivity index (χ1n) is 3.78. The molecule has 0 saturated carbocycles. The van der Waals surface area contributed by atoms with Crippen molar-refractivity contribution in [2.45, 2.75) is 18.0 Å². The molecule has 0 radical (unpaired) electrons. The maximum absolute atomic E-state index is 12.3. The average Bonchev–Trinajstić information content (AvgIpc) is 1.99. The van der Waals surface area contributed by atoms with Crippen LogP contribution >= 0.6 is 0 Å². The molecule has 0 aliphatic heterocycles. The van der Waals surface area contributed by atoms with Crippen molar-refractivity contribution in [3.05, 3.63) is 29.3 Å². The predicted molar refractivity (Wildman–Crippen MR) is 46.0 cm³/mol. The van der Waals surface area contributed by atoms with Crippen molar-refractivity contribution >= 4 is 10.1 Å². The van der Waals surface area contributed by atoms with Crippen LogP contribution in [0, 0.1) is 6.92 Å². The molecule has 84 valence electrons. The van der Waals surface area contributed by atoms with E-state index in [2.05, 4.69) is 0 Å². The molecule has 0 saturated heterocycles. The zero-order valence-electron chi connectivity index (χ0n) is 7.54. The summed E-state index contributed by atoms with van der Waals surface area (Å²) in [5.74, 6) is 0. The smallest absolute Gasteiger partial charge is 0.282 e. The normalized spacial score (nSPS) is 12.9. The van der Waals surface area contributed by atoms with Gasteiger partial charge in [-0.1, -0.05) is 6.07 Å². The lowest BCUT2D eigenvalue weighted by atomic mass is 10.1. The maximum atomic E-state index is 12.3. The Morgan fingerprint density at radius 3 is 2.20 bits per heavy atom. The Hall–Kier alpha value is -1.08. The van der Waals surface area contributed by atoms with E-state index in [9.17, 15) is 21.6 Å². The third kappa shape index (κ3) is 2.48. The van der Waals surface area contributed by atoms with Gasteiger partial charge in [0, 0.05) is 0 Å². The van der Waals surface area contributed by atoms with E-state index in [-0.39, 0.29) is 0 Å². The third-order valence-corrected chi connectivity index (χ3v) is 2.87. The third-order valence-electron chi connectivity index (χ3n) is 1.87. The highest BCUT2D eigenvalue weighted by Gasteiger charge is 2.34. The molecule has 0 heterocycles. The first-order chi connectivity index (χ1) is 6.64. The molecule has 0 aromatic heterocycles. The molecule has 0 amide bonds. The lowest BCUT2D eigenvalue weighted by Crippen LogP contribution is -2.11. The van der Waals surface area contributed by atoms with Crippen LogP contribution < -0.4 is 0 Å². The topological polar surface area (TPSA) is 54.4 Å². The molecule has 15 heavy (non-hydrogen) atoms. The van der Waals surface area contributed by atoms with E-state index >= 15 is 0 Å². The van der Waals surface area contributed by atoms with Crippen LogP contribution in [0.3, 0.4) is 0 Å². The van der Waals surface area contributed by atoms with E-state index < -0.39 is 32.3 Å². The maximum Gasteiger partial charge on any atom is 0.416 e. The Labute approximate surface area is 84.3 Å². The average molecular weight is 240 g/mol. The second-order valence-corrected chi connectivity index (χ2v) is 4.29. The molecule has 1 N–H and O–H groups in total. The summed E-state index contributed by atoms with van der Waals surface area (Å²) in [6.45, 7) is 0.992. The van der Waals surface area contributed by atoms with E-state index in [4.69, 9.17) is 4.55 Å². The number of rotatable bonds is 1. The fourth-order valence-electron chi connectivity index (χ4n) is 1.20. The molecule has 3 nitrogen and oxygen atoms in total. The zero-order chi connectivity index (χ0) is 11.9. The van der Waals surface area contributed by atoms with Crippen molar-refractivity contribution in [2.75, 3.05) is 0 Å². The van der Waals surface area contributed by atoms with Gasteiger partial charge in [-0.2, -0.15) is 21.6 Å². The van der Waals surface area contributed by atoms with Gasteiger partial charge in [0.25, 0.3) is 10.1 Å². The highest BCUT2D eigenvalue weighted by Crippen LogP contribution is 2.33. The Morgan fingerprint density at radius 1 is 1.27 bits per heavy atom. The quantitative estimate of drug-likeness (QED) is 0.766. The number of benzene rings is 1. The molecule has 0 atom stereocenters. The van der Waals surface area contributed by atoms with Crippen LogP contribution in [-0.2, 0) is 16.3 Å². The minimum Gasteiger partial charge on any atom is -0.282 e. The van der Waals surface area contributed by atoms with Crippen LogP contribution in [-0.4, -0.2) is 13.0 Å². The molecule has 7 heteroatoms. The standard InChI is InChI=1S/C8H7F3O3S/c1-5-6(8(9,10)11)3-2-4-7(5)15(12,13)14/h2-4H,1H3,(H,12,13,14). The molecule has 0 aliphatic rings. The molecular weight excluding hydrogens is 233 g/mol. The summed E-state index contributed by atoms with van der Waals surface area (Å²) in [5, 5.41) is 0. The molecule has 1 aromatic rings. The van der Waals surface area contributed by atoms with Gasteiger partial charge in [-0.25, -0.2) is 0 Å². The molecule has 0 aliphatic carbocycles. The highest BCUT2D eigenvalue weighted by atomic mass is 32.2. The van der Waals surface area contributed by atoms with E-state index in [0.29, 0.717) is 0 Å². The Morgan fingerprint density at radius 2 is 1.80 bits per heavy atom. The van der Waals surface area contributed by atoms with Crippen molar-refractivity contribution in [3.63, 3.8) is 0 Å². The van der Waals surface area contributed by atoms with Crippen LogP contribution in [0.5, 0.6) is 0 Å². The van der Waals surface area contributed by atoms with Crippen molar-refractivity contribution < 1.29 is 26.1 Å². The second kappa shape index (κ2) is 3.49. The van der Waals surface area contributed by atoms with Gasteiger partial charge in [-0.05, 0) is 24.6 Å². The minimum atomic E-state index is -4.63. The van der Waals surface area contributed by atoms with Crippen molar-refractivity contribution in [1.82, 2.24) is 0 Å². The summed E-state index contributed by atoms with van der Waals surface area (Å²) in [5.41, 5.74) is -1.58. The van der Waals surface area contributed by atoms with Gasteiger partial charge in [0.05, 0.1) is 10.5 Å². The fourth-order valence-corrected chi connectivity index (χ4v) is 1.95. The molecule has 0 unspecified atom stereocenters. The summed E-state index contributed by atoms with van der Waals surface area (Å²) >= 11 is 0. The van der Waals surface area contributed by atoms with Gasteiger partial charge < -0.3 is 0 Å². The van der Waals surface area contributed by atoms with Crippen molar-refractivity contribution in [1.29, 1.82) is 0 Å². The second-order valence-electron chi connectivity index (χ2n) is 2.90. The number of halogens is 3. The first-order valence-corrected chi connectivity index (χ1v) is 5.22. The van der Waals surface area contributed by atoms with Gasteiger partial charge in [0.1, 0.15) is 0 Å². The predicted octanol–water partition coefficient (Wildman–Crippen LogP) is 2.26. The van der Waals surface area contributed by atoms with Crippen LogP contribution in [0.2, 0.25) is 0 Å². The first kappa shape index (κ1) is 12.0. The summed E-state index contributed by atoms with van der Waals surface area (Å²) in [4.78, 5) is -0.725. The molecule has 1 aromatic carbocycles. The summed E-state index contributed by atoms with van der Waals surface area (Å²) in [6, 6.07) is 2.60. The number of hydrogen-bond acceptors (Lipinski definition) is 2.